The van der Waals surface area contributed by atoms with Crippen molar-refractivity contribution in [3.63, 3.8) is 0 Å². The molecule has 1 aromatic heterocycles. The van der Waals surface area contributed by atoms with Gasteiger partial charge in [0.15, 0.2) is 5.76 Å². The Morgan fingerprint density at radius 3 is 2.57 bits per heavy atom. The minimum atomic E-state index is -0.186. The SMILES string of the molecule is CCCNC(=O)c1ccc(COc2cc(C)cc(C)c2)o1. The molecule has 2 aromatic rings. The highest BCUT2D eigenvalue weighted by molar-refractivity contribution is 5.91. The summed E-state index contributed by atoms with van der Waals surface area (Å²) in [7, 11) is 0. The molecule has 2 rings (SSSR count). The van der Waals surface area contributed by atoms with Gasteiger partial charge in [-0.1, -0.05) is 13.0 Å². The van der Waals surface area contributed by atoms with E-state index in [0.29, 0.717) is 24.7 Å². The molecule has 21 heavy (non-hydrogen) atoms. The lowest BCUT2D eigenvalue weighted by Gasteiger charge is -2.06. The Morgan fingerprint density at radius 1 is 1.19 bits per heavy atom. The maximum absolute atomic E-state index is 11.7. The summed E-state index contributed by atoms with van der Waals surface area (Å²) in [4.78, 5) is 11.7. The number of furan rings is 1. The van der Waals surface area contributed by atoms with Crippen molar-refractivity contribution in [2.45, 2.75) is 33.8 Å². The lowest BCUT2D eigenvalue weighted by molar-refractivity contribution is 0.0922. The van der Waals surface area contributed by atoms with E-state index in [0.717, 1.165) is 23.3 Å². The molecule has 4 heteroatoms. The number of hydrogen-bond acceptors (Lipinski definition) is 3. The number of amides is 1. The zero-order valence-electron chi connectivity index (χ0n) is 12.7. The Labute approximate surface area is 125 Å². The fourth-order valence-electron chi connectivity index (χ4n) is 2.07. The van der Waals surface area contributed by atoms with Crippen LogP contribution in [0.4, 0.5) is 0 Å². The Morgan fingerprint density at radius 2 is 1.90 bits per heavy atom. The molecular weight excluding hydrogens is 266 g/mol. The van der Waals surface area contributed by atoms with Crippen LogP contribution < -0.4 is 10.1 Å². The van der Waals surface area contributed by atoms with Crippen molar-refractivity contribution in [3.8, 4) is 5.75 Å². The van der Waals surface area contributed by atoms with Crippen LogP contribution in [-0.2, 0) is 6.61 Å². The highest BCUT2D eigenvalue weighted by Crippen LogP contribution is 2.18. The first-order chi connectivity index (χ1) is 10.1. The molecule has 1 amide bonds. The molecule has 0 fully saturated rings. The van der Waals surface area contributed by atoms with Crippen LogP contribution >= 0.6 is 0 Å². The number of hydrogen-bond donors (Lipinski definition) is 1. The summed E-state index contributed by atoms with van der Waals surface area (Å²) in [6.45, 7) is 7.02. The third kappa shape index (κ3) is 4.38. The van der Waals surface area contributed by atoms with E-state index in [4.69, 9.17) is 9.15 Å². The van der Waals surface area contributed by atoms with E-state index in [9.17, 15) is 4.79 Å². The molecule has 0 aliphatic rings. The first-order valence-corrected chi connectivity index (χ1v) is 7.16. The molecule has 1 heterocycles. The van der Waals surface area contributed by atoms with Crippen LogP contribution in [0, 0.1) is 13.8 Å². The van der Waals surface area contributed by atoms with Gasteiger partial charge in [0.2, 0.25) is 0 Å². The Kier molecular flexibility index (Phi) is 5.04. The quantitative estimate of drug-likeness (QED) is 0.883. The second-order valence-corrected chi connectivity index (χ2v) is 5.13. The zero-order chi connectivity index (χ0) is 15.2. The standard InChI is InChI=1S/C17H21NO3/c1-4-7-18-17(19)16-6-5-14(21-16)11-20-15-9-12(2)8-13(3)10-15/h5-6,8-10H,4,7,11H2,1-3H3,(H,18,19). The van der Waals surface area contributed by atoms with Crippen molar-refractivity contribution in [2.24, 2.45) is 0 Å². The summed E-state index contributed by atoms with van der Waals surface area (Å²) in [6.07, 6.45) is 0.898. The van der Waals surface area contributed by atoms with Gasteiger partial charge in [-0.05, 0) is 55.7 Å². The van der Waals surface area contributed by atoms with Gasteiger partial charge in [0.25, 0.3) is 5.91 Å². The predicted molar refractivity (Wildman–Crippen MR) is 81.6 cm³/mol. The molecule has 1 aromatic carbocycles. The van der Waals surface area contributed by atoms with Crippen LogP contribution in [0.1, 0.15) is 40.8 Å². The third-order valence-electron chi connectivity index (χ3n) is 3.00. The first-order valence-electron chi connectivity index (χ1n) is 7.16. The molecular formula is C17H21NO3. The van der Waals surface area contributed by atoms with Crippen LogP contribution in [0.5, 0.6) is 5.75 Å². The minimum absolute atomic E-state index is 0.186. The number of nitrogens with one attached hydrogen (secondary N) is 1. The van der Waals surface area contributed by atoms with Crippen molar-refractivity contribution in [1.29, 1.82) is 0 Å². The molecule has 0 atom stereocenters. The number of carbonyl (C=O) groups is 1. The van der Waals surface area contributed by atoms with Gasteiger partial charge in [-0.2, -0.15) is 0 Å². The summed E-state index contributed by atoms with van der Waals surface area (Å²) in [6, 6.07) is 9.49. The van der Waals surface area contributed by atoms with Gasteiger partial charge in [-0.25, -0.2) is 0 Å². The lowest BCUT2D eigenvalue weighted by Crippen LogP contribution is -2.23. The first kappa shape index (κ1) is 15.2. The predicted octanol–water partition coefficient (Wildman–Crippen LogP) is 3.62. The third-order valence-corrected chi connectivity index (χ3v) is 3.00. The Balaban J connectivity index is 1.95. The van der Waals surface area contributed by atoms with Gasteiger partial charge in [0, 0.05) is 6.54 Å². The summed E-state index contributed by atoms with van der Waals surface area (Å²) < 4.78 is 11.2. The van der Waals surface area contributed by atoms with E-state index >= 15 is 0 Å². The van der Waals surface area contributed by atoms with Crippen LogP contribution in [0.2, 0.25) is 0 Å². The maximum Gasteiger partial charge on any atom is 0.286 e. The van der Waals surface area contributed by atoms with Gasteiger partial charge in [-0.3, -0.25) is 4.79 Å². The fraction of sp³-hybridized carbons (Fsp3) is 0.353. The summed E-state index contributed by atoms with van der Waals surface area (Å²) in [5.41, 5.74) is 2.31. The molecule has 112 valence electrons. The monoisotopic (exact) mass is 287 g/mol. The maximum atomic E-state index is 11.7. The number of carbonyl (C=O) groups excluding carboxylic acids is 1. The summed E-state index contributed by atoms with van der Waals surface area (Å²) >= 11 is 0. The molecule has 0 aliphatic heterocycles. The minimum Gasteiger partial charge on any atom is -0.486 e. The topological polar surface area (TPSA) is 51.5 Å². The molecule has 0 spiro atoms. The van der Waals surface area contributed by atoms with Gasteiger partial charge < -0.3 is 14.5 Å². The second-order valence-electron chi connectivity index (χ2n) is 5.13. The van der Waals surface area contributed by atoms with Crippen LogP contribution in [-0.4, -0.2) is 12.5 Å². The van der Waals surface area contributed by atoms with E-state index in [2.05, 4.69) is 11.4 Å². The summed E-state index contributed by atoms with van der Waals surface area (Å²) in [5, 5.41) is 2.78. The van der Waals surface area contributed by atoms with Crippen molar-refractivity contribution >= 4 is 5.91 Å². The average molecular weight is 287 g/mol. The fourth-order valence-corrected chi connectivity index (χ4v) is 2.07. The van der Waals surface area contributed by atoms with Gasteiger partial charge in [-0.15, -0.1) is 0 Å². The number of ether oxygens (including phenoxy) is 1. The smallest absolute Gasteiger partial charge is 0.286 e. The molecule has 0 aliphatic carbocycles. The van der Waals surface area contributed by atoms with Crippen LogP contribution in [0.25, 0.3) is 0 Å². The molecule has 0 saturated carbocycles. The van der Waals surface area contributed by atoms with Crippen molar-refractivity contribution < 1.29 is 13.9 Å². The Bertz CT molecular complexity index is 596. The van der Waals surface area contributed by atoms with Crippen molar-refractivity contribution in [1.82, 2.24) is 5.32 Å². The van der Waals surface area contributed by atoms with E-state index < -0.39 is 0 Å². The highest BCUT2D eigenvalue weighted by Gasteiger charge is 2.10. The molecule has 1 N–H and O–H groups in total. The molecule has 0 saturated heterocycles. The Hall–Kier alpha value is -2.23. The zero-order valence-corrected chi connectivity index (χ0v) is 12.7. The van der Waals surface area contributed by atoms with E-state index in [1.807, 2.05) is 32.9 Å². The van der Waals surface area contributed by atoms with Gasteiger partial charge >= 0.3 is 0 Å². The molecule has 0 bridgehead atoms. The van der Waals surface area contributed by atoms with E-state index in [1.165, 1.54) is 0 Å². The van der Waals surface area contributed by atoms with Crippen molar-refractivity contribution in [3.05, 3.63) is 53.0 Å². The van der Waals surface area contributed by atoms with Gasteiger partial charge in [0.05, 0.1) is 0 Å². The average Bonchev–Trinajstić information content (AvgIpc) is 2.90. The highest BCUT2D eigenvalue weighted by atomic mass is 16.5. The molecule has 4 nitrogen and oxygen atoms in total. The molecule has 0 unspecified atom stereocenters. The number of aryl methyl sites for hydroxylation is 2. The van der Waals surface area contributed by atoms with E-state index in [1.54, 1.807) is 12.1 Å². The van der Waals surface area contributed by atoms with Gasteiger partial charge in [0.1, 0.15) is 18.1 Å². The largest absolute Gasteiger partial charge is 0.486 e. The summed E-state index contributed by atoms with van der Waals surface area (Å²) in [5.74, 6) is 1.58. The van der Waals surface area contributed by atoms with Crippen molar-refractivity contribution in [2.75, 3.05) is 6.54 Å². The molecule has 0 radical (unpaired) electrons. The van der Waals surface area contributed by atoms with Crippen LogP contribution in [0.15, 0.2) is 34.7 Å². The second kappa shape index (κ2) is 6.97. The normalized spacial score (nSPS) is 10.4. The number of benzene rings is 1. The van der Waals surface area contributed by atoms with Crippen LogP contribution in [0.3, 0.4) is 0 Å². The van der Waals surface area contributed by atoms with E-state index in [-0.39, 0.29) is 5.91 Å². The lowest BCUT2D eigenvalue weighted by atomic mass is 10.1. The number of rotatable bonds is 6.